The number of hydrogen-bond acceptors (Lipinski definition) is 5. The Labute approximate surface area is 88.2 Å². The molecule has 0 unspecified atom stereocenters. The fraction of sp³-hybridized carbons (Fsp3) is 0.750. The number of fused-ring (bicyclic) bond motifs is 1. The zero-order chi connectivity index (χ0) is 9.26. The van der Waals surface area contributed by atoms with Crippen LogP contribution in [0.1, 0.15) is 6.92 Å². The van der Waals surface area contributed by atoms with Crippen molar-refractivity contribution in [3.8, 4) is 0 Å². The summed E-state index contributed by atoms with van der Waals surface area (Å²) in [4.78, 5) is 16.4. The molecule has 1 fully saturated rings. The van der Waals surface area contributed by atoms with E-state index in [0.29, 0.717) is 12.3 Å². The largest absolute Gasteiger partial charge is 0.461 e. The van der Waals surface area contributed by atoms with E-state index in [0.717, 1.165) is 13.1 Å². The van der Waals surface area contributed by atoms with Crippen LogP contribution in [0, 0.1) is 5.92 Å². The zero-order valence-electron chi connectivity index (χ0n) is 7.86. The Hall–Kier alpha value is -0.810. The highest BCUT2D eigenvalue weighted by atomic mass is 35.5. The summed E-state index contributed by atoms with van der Waals surface area (Å²) in [6, 6.07) is 0. The molecule has 0 aliphatic carbocycles. The molecule has 0 aromatic carbocycles. The summed E-state index contributed by atoms with van der Waals surface area (Å²) in [5.41, 5.74) is 0.428. The van der Waals surface area contributed by atoms with Gasteiger partial charge >= 0.3 is 5.97 Å². The second kappa shape index (κ2) is 4.61. The number of halogens is 1. The molecule has 2 rings (SSSR count). The van der Waals surface area contributed by atoms with Crippen LogP contribution < -0.4 is 5.32 Å². The third kappa shape index (κ3) is 1.83. The summed E-state index contributed by atoms with van der Waals surface area (Å²) in [5, 5.41) is 6.88. The molecule has 1 N–H and O–H groups in total. The molecule has 6 heteroatoms. The SMILES string of the molecule is CCOC(=O)C1=NO[C@@H]2CNC[C@H]12.Cl. The lowest BCUT2D eigenvalue weighted by Gasteiger charge is -2.06. The Morgan fingerprint density at radius 2 is 2.50 bits per heavy atom. The number of carbonyl (C=O) groups excluding carboxylic acids is 1. The summed E-state index contributed by atoms with van der Waals surface area (Å²) in [7, 11) is 0. The smallest absolute Gasteiger partial charge is 0.356 e. The van der Waals surface area contributed by atoms with E-state index >= 15 is 0 Å². The van der Waals surface area contributed by atoms with Crippen LogP contribution in [0.15, 0.2) is 5.16 Å². The number of rotatable bonds is 2. The molecule has 14 heavy (non-hydrogen) atoms. The molecule has 5 nitrogen and oxygen atoms in total. The Kier molecular flexibility index (Phi) is 3.71. The normalized spacial score (nSPS) is 28.5. The van der Waals surface area contributed by atoms with Gasteiger partial charge in [-0.15, -0.1) is 12.4 Å². The van der Waals surface area contributed by atoms with E-state index in [1.165, 1.54) is 0 Å². The van der Waals surface area contributed by atoms with Crippen molar-refractivity contribution in [3.63, 3.8) is 0 Å². The number of ether oxygens (including phenoxy) is 1. The predicted octanol–water partition coefficient (Wildman–Crippen LogP) is -0.0545. The first kappa shape index (κ1) is 11.3. The molecule has 2 heterocycles. The first-order valence-corrected chi connectivity index (χ1v) is 4.44. The van der Waals surface area contributed by atoms with Crippen LogP contribution in [-0.4, -0.2) is 37.5 Å². The van der Waals surface area contributed by atoms with Gasteiger partial charge in [-0.1, -0.05) is 5.16 Å². The Morgan fingerprint density at radius 1 is 1.71 bits per heavy atom. The molecule has 0 amide bonds. The maximum atomic E-state index is 11.3. The summed E-state index contributed by atoms with van der Waals surface area (Å²) >= 11 is 0. The number of hydrogen-bond donors (Lipinski definition) is 1. The zero-order valence-corrected chi connectivity index (χ0v) is 8.67. The van der Waals surface area contributed by atoms with Gasteiger partial charge in [0.15, 0.2) is 5.71 Å². The number of nitrogens with zero attached hydrogens (tertiary/aromatic N) is 1. The lowest BCUT2D eigenvalue weighted by atomic mass is 10.0. The van der Waals surface area contributed by atoms with E-state index in [9.17, 15) is 4.79 Å². The van der Waals surface area contributed by atoms with E-state index in [-0.39, 0.29) is 30.4 Å². The predicted molar refractivity (Wildman–Crippen MR) is 52.5 cm³/mol. The van der Waals surface area contributed by atoms with Gasteiger partial charge < -0.3 is 14.9 Å². The van der Waals surface area contributed by atoms with Crippen molar-refractivity contribution in [2.45, 2.75) is 13.0 Å². The van der Waals surface area contributed by atoms with Gasteiger partial charge in [-0.2, -0.15) is 0 Å². The van der Waals surface area contributed by atoms with Gasteiger partial charge in [-0.05, 0) is 6.92 Å². The van der Waals surface area contributed by atoms with Gasteiger partial charge in [0, 0.05) is 13.1 Å². The third-order valence-corrected chi connectivity index (χ3v) is 2.28. The van der Waals surface area contributed by atoms with E-state index < -0.39 is 0 Å². The van der Waals surface area contributed by atoms with E-state index in [1.54, 1.807) is 6.92 Å². The van der Waals surface area contributed by atoms with Crippen molar-refractivity contribution in [3.05, 3.63) is 0 Å². The number of nitrogens with one attached hydrogen (secondary N) is 1. The highest BCUT2D eigenvalue weighted by Gasteiger charge is 2.41. The quantitative estimate of drug-likeness (QED) is 0.663. The highest BCUT2D eigenvalue weighted by Crippen LogP contribution is 2.22. The van der Waals surface area contributed by atoms with Gasteiger partial charge in [0.05, 0.1) is 12.5 Å². The van der Waals surface area contributed by atoms with Crippen LogP contribution >= 0.6 is 12.4 Å². The molecular weight excluding hydrogens is 208 g/mol. The van der Waals surface area contributed by atoms with Crippen molar-refractivity contribution in [1.29, 1.82) is 0 Å². The molecule has 2 aliphatic rings. The highest BCUT2D eigenvalue weighted by molar-refractivity contribution is 6.37. The molecule has 2 aliphatic heterocycles. The molecule has 0 bridgehead atoms. The average molecular weight is 221 g/mol. The maximum absolute atomic E-state index is 11.3. The summed E-state index contributed by atoms with van der Waals surface area (Å²) in [5.74, 6) is -0.266. The first-order valence-electron chi connectivity index (χ1n) is 4.44. The van der Waals surface area contributed by atoms with Gasteiger partial charge in [0.2, 0.25) is 0 Å². The minimum Gasteiger partial charge on any atom is -0.461 e. The van der Waals surface area contributed by atoms with Gasteiger partial charge in [0.1, 0.15) is 6.10 Å². The number of oxime groups is 1. The van der Waals surface area contributed by atoms with Crippen LogP contribution in [0.3, 0.4) is 0 Å². The van der Waals surface area contributed by atoms with Crippen molar-refractivity contribution < 1.29 is 14.4 Å². The Bertz CT molecular complexity index is 257. The molecule has 0 aromatic rings. The molecule has 0 spiro atoms. The van der Waals surface area contributed by atoms with Gasteiger partial charge in [-0.3, -0.25) is 0 Å². The summed E-state index contributed by atoms with van der Waals surface area (Å²) in [6.07, 6.45) is 0.0272. The van der Waals surface area contributed by atoms with Crippen LogP contribution in [0.4, 0.5) is 0 Å². The van der Waals surface area contributed by atoms with Crippen LogP contribution in [0.5, 0.6) is 0 Å². The molecular formula is C8H13ClN2O3. The maximum Gasteiger partial charge on any atom is 0.356 e. The Morgan fingerprint density at radius 3 is 3.21 bits per heavy atom. The van der Waals surface area contributed by atoms with Crippen LogP contribution in [0.25, 0.3) is 0 Å². The topological polar surface area (TPSA) is 59.9 Å². The number of carbonyl (C=O) groups is 1. The average Bonchev–Trinajstić information content (AvgIpc) is 2.62. The van der Waals surface area contributed by atoms with E-state index in [4.69, 9.17) is 9.57 Å². The monoisotopic (exact) mass is 220 g/mol. The van der Waals surface area contributed by atoms with Crippen LogP contribution in [-0.2, 0) is 14.4 Å². The second-order valence-corrected chi connectivity index (χ2v) is 3.11. The molecule has 1 saturated heterocycles. The van der Waals surface area contributed by atoms with Gasteiger partial charge in [0.25, 0.3) is 0 Å². The van der Waals surface area contributed by atoms with Crippen molar-refractivity contribution in [1.82, 2.24) is 5.32 Å². The lowest BCUT2D eigenvalue weighted by Crippen LogP contribution is -2.28. The fourth-order valence-electron chi connectivity index (χ4n) is 1.62. The van der Waals surface area contributed by atoms with Gasteiger partial charge in [-0.25, -0.2) is 4.79 Å². The second-order valence-electron chi connectivity index (χ2n) is 3.11. The lowest BCUT2D eigenvalue weighted by molar-refractivity contribution is -0.135. The van der Waals surface area contributed by atoms with E-state index in [1.807, 2.05) is 0 Å². The molecule has 2 atom stereocenters. The van der Waals surface area contributed by atoms with E-state index in [2.05, 4.69) is 10.5 Å². The molecule has 0 saturated carbocycles. The summed E-state index contributed by atoms with van der Waals surface area (Å²) < 4.78 is 4.86. The number of esters is 1. The molecule has 80 valence electrons. The minimum absolute atomic E-state index is 0. The van der Waals surface area contributed by atoms with Crippen molar-refractivity contribution in [2.75, 3.05) is 19.7 Å². The van der Waals surface area contributed by atoms with Crippen molar-refractivity contribution in [2.24, 2.45) is 11.1 Å². The van der Waals surface area contributed by atoms with Crippen LogP contribution in [0.2, 0.25) is 0 Å². The Balaban J connectivity index is 0.000000980. The molecule has 0 aromatic heterocycles. The van der Waals surface area contributed by atoms with Crippen molar-refractivity contribution >= 4 is 24.1 Å². The molecule has 0 radical (unpaired) electrons. The first-order chi connectivity index (χ1) is 6.33. The standard InChI is InChI=1S/C8H12N2O3.ClH/c1-2-12-8(11)7-5-3-9-4-6(5)13-10-7;/h5-6,9H,2-4H2,1H3;1H/t5-,6+;/m0./s1. The fourth-order valence-corrected chi connectivity index (χ4v) is 1.62. The third-order valence-electron chi connectivity index (χ3n) is 2.28. The summed E-state index contributed by atoms with van der Waals surface area (Å²) in [6.45, 7) is 3.67. The minimum atomic E-state index is -0.348.